The maximum Gasteiger partial charge on any atom is 0.320 e. The number of carboxylic acid groups (broad SMARTS) is 1. The molecule has 2 aliphatic rings. The highest BCUT2D eigenvalue weighted by Gasteiger charge is 2.38. The lowest BCUT2D eigenvalue weighted by molar-refractivity contribution is -0.139. The van der Waals surface area contributed by atoms with Crippen molar-refractivity contribution in [2.24, 2.45) is 5.92 Å². The lowest BCUT2D eigenvalue weighted by Crippen LogP contribution is -2.44. The van der Waals surface area contributed by atoms with Crippen molar-refractivity contribution in [2.45, 2.75) is 56.2 Å². The fraction of sp³-hybridized carbons (Fsp3) is 0.500. The molecule has 5 heteroatoms. The molecule has 2 fully saturated rings. The zero-order chi connectivity index (χ0) is 21.8. The largest absolute Gasteiger partial charge is 0.489 e. The van der Waals surface area contributed by atoms with E-state index in [1.165, 1.54) is 36.8 Å². The van der Waals surface area contributed by atoms with Crippen molar-refractivity contribution in [3.8, 4) is 5.75 Å². The molecule has 166 valence electrons. The molecule has 0 unspecified atom stereocenters. The first-order chi connectivity index (χ1) is 15.0. The van der Waals surface area contributed by atoms with Crippen molar-refractivity contribution in [1.29, 1.82) is 0 Å². The summed E-state index contributed by atoms with van der Waals surface area (Å²) in [5.74, 6) is 0.719. The van der Waals surface area contributed by atoms with Crippen LogP contribution in [0, 0.1) is 5.92 Å². The molecule has 2 atom stereocenters. The Balaban J connectivity index is 1.36. The smallest absolute Gasteiger partial charge is 0.320 e. The summed E-state index contributed by atoms with van der Waals surface area (Å²) in [6, 6.07) is 18.8. The zero-order valence-corrected chi connectivity index (χ0v) is 18.6. The normalized spacial score (nSPS) is 28.5. The van der Waals surface area contributed by atoms with Gasteiger partial charge in [0.2, 0.25) is 0 Å². The molecule has 2 aromatic rings. The van der Waals surface area contributed by atoms with Crippen molar-refractivity contribution in [3.05, 3.63) is 65.7 Å². The van der Waals surface area contributed by atoms with Gasteiger partial charge in [0.15, 0.2) is 0 Å². The van der Waals surface area contributed by atoms with E-state index in [2.05, 4.69) is 72.8 Å². The van der Waals surface area contributed by atoms with E-state index in [0.717, 1.165) is 12.2 Å². The fourth-order valence-corrected chi connectivity index (χ4v) is 5.35. The lowest BCUT2D eigenvalue weighted by Gasteiger charge is -2.45. The number of benzene rings is 2. The summed E-state index contributed by atoms with van der Waals surface area (Å²) in [6.45, 7) is 0.579. The van der Waals surface area contributed by atoms with Gasteiger partial charge in [-0.1, -0.05) is 42.5 Å². The highest BCUT2D eigenvalue weighted by atomic mass is 16.5. The molecule has 1 saturated carbocycles. The second kappa shape index (κ2) is 9.41. The topological polar surface area (TPSA) is 61.8 Å². The highest BCUT2D eigenvalue weighted by molar-refractivity contribution is 5.73. The molecule has 1 heterocycles. The molecule has 31 heavy (non-hydrogen) atoms. The van der Waals surface area contributed by atoms with Crippen LogP contribution in [0.2, 0.25) is 0 Å². The van der Waals surface area contributed by atoms with E-state index in [4.69, 9.17) is 9.84 Å². The summed E-state index contributed by atoms with van der Waals surface area (Å²) in [4.78, 5) is 13.5. The maximum absolute atomic E-state index is 11.1. The third kappa shape index (κ3) is 4.94. The molecule has 0 bridgehead atoms. The van der Waals surface area contributed by atoms with Crippen molar-refractivity contribution in [3.63, 3.8) is 0 Å². The minimum absolute atomic E-state index is 0.0855. The predicted octanol–water partition coefficient (Wildman–Crippen LogP) is 4.07. The van der Waals surface area contributed by atoms with Crippen molar-refractivity contribution in [1.82, 2.24) is 10.2 Å². The van der Waals surface area contributed by atoms with Gasteiger partial charge < -0.3 is 15.2 Å². The second-order valence-electron chi connectivity index (χ2n) is 9.36. The molecule has 1 saturated heterocycles. The van der Waals surface area contributed by atoms with Gasteiger partial charge in [-0.05, 0) is 75.4 Å². The number of carboxylic acids is 1. The van der Waals surface area contributed by atoms with E-state index in [9.17, 15) is 4.79 Å². The first-order valence-corrected chi connectivity index (χ1v) is 11.4. The van der Waals surface area contributed by atoms with Crippen molar-refractivity contribution < 1.29 is 14.6 Å². The Bertz CT molecular complexity index is 875. The van der Waals surface area contributed by atoms with Crippen LogP contribution in [-0.2, 0) is 16.8 Å². The summed E-state index contributed by atoms with van der Waals surface area (Å²) >= 11 is 0. The summed E-state index contributed by atoms with van der Waals surface area (Å²) in [6.07, 6.45) is 6.27. The van der Waals surface area contributed by atoms with Gasteiger partial charge in [-0.3, -0.25) is 9.69 Å². The quantitative estimate of drug-likeness (QED) is 0.704. The van der Waals surface area contributed by atoms with Crippen LogP contribution in [0.4, 0.5) is 0 Å². The van der Waals surface area contributed by atoms with Gasteiger partial charge in [-0.2, -0.15) is 0 Å². The predicted molar refractivity (Wildman–Crippen MR) is 122 cm³/mol. The Kier molecular flexibility index (Phi) is 6.63. The molecule has 0 spiro atoms. The van der Waals surface area contributed by atoms with Crippen LogP contribution >= 0.6 is 0 Å². The molecule has 0 amide bonds. The van der Waals surface area contributed by atoms with Crippen molar-refractivity contribution >= 4 is 5.97 Å². The number of carbonyl (C=O) groups is 1. The number of rotatable bonds is 7. The maximum atomic E-state index is 11.1. The minimum atomic E-state index is -0.804. The standard InChI is InChI=1S/C26H34N2O3/c1-28(2)26(21-8-4-3-5-9-21)13-11-19(12-14-26)15-20-7-6-10-22(16-20)31-23-17-24(25(29)30)27-18-23/h3-10,16,19,23-24,27H,11-15,17-18H2,1-2H3,(H,29,30)/t19?,23-,24+,26?/m1/s1. The van der Waals surface area contributed by atoms with E-state index >= 15 is 0 Å². The van der Waals surface area contributed by atoms with Gasteiger partial charge in [0.05, 0.1) is 0 Å². The molecule has 0 aromatic heterocycles. The average molecular weight is 423 g/mol. The molecule has 1 aliphatic carbocycles. The number of hydrogen-bond acceptors (Lipinski definition) is 4. The van der Waals surface area contributed by atoms with Crippen LogP contribution in [0.3, 0.4) is 0 Å². The first-order valence-electron chi connectivity index (χ1n) is 11.4. The third-order valence-electron chi connectivity index (χ3n) is 7.21. The van der Waals surface area contributed by atoms with Gasteiger partial charge in [-0.25, -0.2) is 0 Å². The Morgan fingerprint density at radius 3 is 2.52 bits per heavy atom. The second-order valence-corrected chi connectivity index (χ2v) is 9.36. The molecule has 5 nitrogen and oxygen atoms in total. The fourth-order valence-electron chi connectivity index (χ4n) is 5.35. The number of aliphatic carboxylic acids is 1. The van der Waals surface area contributed by atoms with E-state index in [0.29, 0.717) is 18.9 Å². The zero-order valence-electron chi connectivity index (χ0n) is 18.6. The summed E-state index contributed by atoms with van der Waals surface area (Å²) in [7, 11) is 4.42. The molecular formula is C26H34N2O3. The van der Waals surface area contributed by atoms with Crippen molar-refractivity contribution in [2.75, 3.05) is 20.6 Å². The minimum Gasteiger partial charge on any atom is -0.489 e. The molecule has 4 rings (SSSR count). The van der Waals surface area contributed by atoms with Crippen LogP contribution < -0.4 is 10.1 Å². The Labute approximate surface area is 185 Å². The Morgan fingerprint density at radius 1 is 1.13 bits per heavy atom. The number of nitrogens with zero attached hydrogens (tertiary/aromatic N) is 1. The SMILES string of the molecule is CN(C)C1(c2ccccc2)CCC(Cc2cccc(O[C@H]3CN[C@H](C(=O)O)C3)c2)CC1. The van der Waals surface area contributed by atoms with Gasteiger partial charge in [0.1, 0.15) is 17.9 Å². The van der Waals surface area contributed by atoms with Crippen LogP contribution in [0.5, 0.6) is 5.75 Å². The molecule has 2 N–H and O–H groups in total. The lowest BCUT2D eigenvalue weighted by atomic mass is 9.70. The third-order valence-corrected chi connectivity index (χ3v) is 7.21. The van der Waals surface area contributed by atoms with Gasteiger partial charge in [-0.15, -0.1) is 0 Å². The summed E-state index contributed by atoms with van der Waals surface area (Å²) < 4.78 is 6.08. The molecule has 0 radical (unpaired) electrons. The van der Waals surface area contributed by atoms with Gasteiger partial charge in [0.25, 0.3) is 0 Å². The van der Waals surface area contributed by atoms with Crippen LogP contribution in [0.1, 0.15) is 43.2 Å². The molecule has 1 aliphatic heterocycles. The average Bonchev–Trinajstić information content (AvgIpc) is 3.24. The highest BCUT2D eigenvalue weighted by Crippen LogP contribution is 2.43. The summed E-state index contributed by atoms with van der Waals surface area (Å²) in [5.41, 5.74) is 2.87. The summed E-state index contributed by atoms with van der Waals surface area (Å²) in [5, 5.41) is 12.2. The number of hydrogen-bond donors (Lipinski definition) is 2. The Hall–Kier alpha value is -2.37. The van der Waals surface area contributed by atoms with Crippen LogP contribution in [0.15, 0.2) is 54.6 Å². The monoisotopic (exact) mass is 422 g/mol. The van der Waals surface area contributed by atoms with Crippen LogP contribution in [0.25, 0.3) is 0 Å². The first kappa shape index (κ1) is 21.8. The van der Waals surface area contributed by atoms with E-state index in [-0.39, 0.29) is 11.6 Å². The molecular weight excluding hydrogens is 388 g/mol. The van der Waals surface area contributed by atoms with E-state index in [1.54, 1.807) is 0 Å². The van der Waals surface area contributed by atoms with Gasteiger partial charge >= 0.3 is 5.97 Å². The number of ether oxygens (including phenoxy) is 1. The van der Waals surface area contributed by atoms with E-state index < -0.39 is 12.0 Å². The van der Waals surface area contributed by atoms with Gasteiger partial charge in [0, 0.05) is 18.5 Å². The van der Waals surface area contributed by atoms with E-state index in [1.807, 2.05) is 6.07 Å². The van der Waals surface area contributed by atoms with Crippen LogP contribution in [-0.4, -0.2) is 48.8 Å². The number of nitrogens with one attached hydrogen (secondary N) is 1. The molecule has 2 aromatic carbocycles. The Morgan fingerprint density at radius 2 is 1.87 bits per heavy atom.